The topological polar surface area (TPSA) is 51.0 Å². The molecule has 1 aliphatic heterocycles. The Morgan fingerprint density at radius 2 is 2.32 bits per heavy atom. The van der Waals surface area contributed by atoms with Gasteiger partial charge in [0.2, 0.25) is 5.89 Å². The van der Waals surface area contributed by atoms with Crippen molar-refractivity contribution in [2.45, 2.75) is 31.7 Å². The van der Waals surface area contributed by atoms with Crippen LogP contribution in [0.25, 0.3) is 0 Å². The van der Waals surface area contributed by atoms with E-state index in [0.717, 1.165) is 29.4 Å². The average Bonchev–Trinajstić information content (AvgIpc) is 2.88. The van der Waals surface area contributed by atoms with Crippen LogP contribution in [0.15, 0.2) is 28.8 Å². The number of hydrogen-bond acceptors (Lipinski definition) is 4. The van der Waals surface area contributed by atoms with Gasteiger partial charge in [0.05, 0.1) is 12.5 Å². The van der Waals surface area contributed by atoms with Crippen molar-refractivity contribution in [1.29, 1.82) is 0 Å². The number of piperidine rings is 1. The van der Waals surface area contributed by atoms with Crippen LogP contribution in [0.1, 0.15) is 42.6 Å². The number of nitrogens with zero attached hydrogens (tertiary/aromatic N) is 2. The lowest BCUT2D eigenvalue weighted by molar-refractivity contribution is 0.351. The molecule has 1 fully saturated rings. The van der Waals surface area contributed by atoms with E-state index in [1.165, 1.54) is 12.8 Å². The molecule has 0 bridgehead atoms. The van der Waals surface area contributed by atoms with E-state index in [-0.39, 0.29) is 6.04 Å². The van der Waals surface area contributed by atoms with E-state index < -0.39 is 0 Å². The molecule has 0 radical (unpaired) electrons. The zero-order chi connectivity index (χ0) is 13.1. The van der Waals surface area contributed by atoms with Crippen molar-refractivity contribution in [3.05, 3.63) is 46.6 Å². The standard InChI is InChI=1S/C14H16ClN3O/c15-11-5-3-4-10(8-11)9-13-17-14(18-19-13)12-6-1-2-7-16-12/h3-5,8,12,16H,1-2,6-7,9H2. The highest BCUT2D eigenvalue weighted by Gasteiger charge is 2.20. The molecule has 0 spiro atoms. The predicted octanol–water partition coefficient (Wildman–Crippen LogP) is 3.13. The van der Waals surface area contributed by atoms with Crippen LogP contribution in [0, 0.1) is 0 Å². The third kappa shape index (κ3) is 3.14. The van der Waals surface area contributed by atoms with Crippen LogP contribution >= 0.6 is 11.6 Å². The van der Waals surface area contributed by atoms with Gasteiger partial charge in [-0.2, -0.15) is 4.98 Å². The Morgan fingerprint density at radius 1 is 1.37 bits per heavy atom. The summed E-state index contributed by atoms with van der Waals surface area (Å²) in [5.41, 5.74) is 1.08. The zero-order valence-corrected chi connectivity index (χ0v) is 11.4. The molecule has 1 atom stereocenters. The van der Waals surface area contributed by atoms with Gasteiger partial charge in [0.1, 0.15) is 0 Å². The Labute approximate surface area is 117 Å². The van der Waals surface area contributed by atoms with Crippen molar-refractivity contribution in [1.82, 2.24) is 15.5 Å². The van der Waals surface area contributed by atoms with Crippen LogP contribution in [0.3, 0.4) is 0 Å². The molecule has 4 nitrogen and oxygen atoms in total. The highest BCUT2D eigenvalue weighted by molar-refractivity contribution is 6.30. The van der Waals surface area contributed by atoms with Crippen LogP contribution in [0.2, 0.25) is 5.02 Å². The Morgan fingerprint density at radius 3 is 3.11 bits per heavy atom. The molecule has 2 aromatic rings. The van der Waals surface area contributed by atoms with Gasteiger partial charge < -0.3 is 9.84 Å². The first-order chi connectivity index (χ1) is 9.31. The van der Waals surface area contributed by atoms with Gasteiger partial charge in [0.25, 0.3) is 0 Å². The summed E-state index contributed by atoms with van der Waals surface area (Å²) >= 11 is 5.96. The van der Waals surface area contributed by atoms with Crippen molar-refractivity contribution in [2.75, 3.05) is 6.54 Å². The minimum atomic E-state index is 0.241. The summed E-state index contributed by atoms with van der Waals surface area (Å²) in [7, 11) is 0. The third-order valence-electron chi connectivity index (χ3n) is 3.35. The van der Waals surface area contributed by atoms with E-state index >= 15 is 0 Å². The first-order valence-corrected chi connectivity index (χ1v) is 6.99. The fraction of sp³-hybridized carbons (Fsp3) is 0.429. The van der Waals surface area contributed by atoms with Crippen LogP contribution in [-0.2, 0) is 6.42 Å². The van der Waals surface area contributed by atoms with Crippen molar-refractivity contribution in [3.63, 3.8) is 0 Å². The van der Waals surface area contributed by atoms with Gasteiger partial charge in [-0.3, -0.25) is 0 Å². The second-order valence-corrected chi connectivity index (χ2v) is 5.29. The molecule has 1 aromatic heterocycles. The van der Waals surface area contributed by atoms with E-state index in [2.05, 4.69) is 15.5 Å². The van der Waals surface area contributed by atoms with E-state index in [1.54, 1.807) is 0 Å². The highest BCUT2D eigenvalue weighted by Crippen LogP contribution is 2.21. The molecule has 19 heavy (non-hydrogen) atoms. The summed E-state index contributed by atoms with van der Waals surface area (Å²) in [6.45, 7) is 1.03. The van der Waals surface area contributed by atoms with Crippen molar-refractivity contribution in [2.24, 2.45) is 0 Å². The maximum absolute atomic E-state index is 5.96. The lowest BCUT2D eigenvalue weighted by Gasteiger charge is -2.19. The van der Waals surface area contributed by atoms with Crippen molar-refractivity contribution >= 4 is 11.6 Å². The van der Waals surface area contributed by atoms with E-state index in [4.69, 9.17) is 16.1 Å². The molecule has 100 valence electrons. The lowest BCUT2D eigenvalue weighted by Crippen LogP contribution is -2.27. The van der Waals surface area contributed by atoms with Gasteiger partial charge in [0.15, 0.2) is 5.82 Å². The van der Waals surface area contributed by atoms with Gasteiger partial charge in [0, 0.05) is 5.02 Å². The lowest BCUT2D eigenvalue weighted by atomic mass is 10.0. The molecule has 1 unspecified atom stereocenters. The Kier molecular flexibility index (Phi) is 3.80. The minimum absolute atomic E-state index is 0.241. The van der Waals surface area contributed by atoms with Gasteiger partial charge >= 0.3 is 0 Å². The first-order valence-electron chi connectivity index (χ1n) is 6.61. The first kappa shape index (κ1) is 12.6. The second kappa shape index (κ2) is 5.72. The van der Waals surface area contributed by atoms with Crippen LogP contribution in [0.4, 0.5) is 0 Å². The maximum Gasteiger partial charge on any atom is 0.231 e. The smallest absolute Gasteiger partial charge is 0.231 e. The summed E-state index contributed by atoms with van der Waals surface area (Å²) in [5.74, 6) is 1.42. The number of hydrogen-bond donors (Lipinski definition) is 1. The number of nitrogens with one attached hydrogen (secondary N) is 1. The number of benzene rings is 1. The number of halogens is 1. The zero-order valence-electron chi connectivity index (χ0n) is 10.6. The number of aromatic nitrogens is 2. The summed E-state index contributed by atoms with van der Waals surface area (Å²) in [4.78, 5) is 4.48. The predicted molar refractivity (Wildman–Crippen MR) is 73.2 cm³/mol. The Bertz CT molecular complexity index is 549. The highest BCUT2D eigenvalue weighted by atomic mass is 35.5. The van der Waals surface area contributed by atoms with Crippen LogP contribution in [0.5, 0.6) is 0 Å². The SMILES string of the molecule is Clc1cccc(Cc2nc(C3CCCCN3)no2)c1. The summed E-state index contributed by atoms with van der Waals surface area (Å²) in [6.07, 6.45) is 4.15. The molecular weight excluding hydrogens is 262 g/mol. The van der Waals surface area contributed by atoms with E-state index in [9.17, 15) is 0 Å². The van der Waals surface area contributed by atoms with Gasteiger partial charge in [-0.05, 0) is 37.1 Å². The Hall–Kier alpha value is -1.39. The monoisotopic (exact) mass is 277 g/mol. The summed E-state index contributed by atoms with van der Waals surface area (Å²) in [6, 6.07) is 7.96. The quantitative estimate of drug-likeness (QED) is 0.936. The van der Waals surface area contributed by atoms with Crippen LogP contribution in [-0.4, -0.2) is 16.7 Å². The van der Waals surface area contributed by atoms with Crippen molar-refractivity contribution < 1.29 is 4.52 Å². The normalized spacial score (nSPS) is 19.5. The van der Waals surface area contributed by atoms with E-state index in [0.29, 0.717) is 12.3 Å². The molecule has 1 aliphatic rings. The molecule has 1 saturated heterocycles. The molecule has 0 aliphatic carbocycles. The van der Waals surface area contributed by atoms with Gasteiger partial charge in [-0.15, -0.1) is 0 Å². The molecule has 1 aromatic carbocycles. The average molecular weight is 278 g/mol. The summed E-state index contributed by atoms with van der Waals surface area (Å²) < 4.78 is 5.32. The molecule has 0 saturated carbocycles. The molecule has 5 heteroatoms. The summed E-state index contributed by atoms with van der Waals surface area (Å²) in [5, 5.41) is 8.22. The molecule has 1 N–H and O–H groups in total. The van der Waals surface area contributed by atoms with Crippen LogP contribution < -0.4 is 5.32 Å². The Balaban J connectivity index is 1.70. The fourth-order valence-electron chi connectivity index (χ4n) is 2.38. The van der Waals surface area contributed by atoms with E-state index in [1.807, 2.05) is 24.3 Å². The molecule has 3 rings (SSSR count). The number of rotatable bonds is 3. The van der Waals surface area contributed by atoms with Gasteiger partial charge in [-0.25, -0.2) is 0 Å². The fourth-order valence-corrected chi connectivity index (χ4v) is 2.59. The molecule has 2 heterocycles. The second-order valence-electron chi connectivity index (χ2n) is 4.86. The van der Waals surface area contributed by atoms with Crippen molar-refractivity contribution in [3.8, 4) is 0 Å². The van der Waals surface area contributed by atoms with Gasteiger partial charge in [-0.1, -0.05) is 35.3 Å². The minimum Gasteiger partial charge on any atom is -0.339 e. The largest absolute Gasteiger partial charge is 0.339 e. The molecule has 0 amide bonds. The molecular formula is C14H16ClN3O. The maximum atomic E-state index is 5.96. The third-order valence-corrected chi connectivity index (χ3v) is 3.59.